The summed E-state index contributed by atoms with van der Waals surface area (Å²) in [6.45, 7) is 6.62. The molecule has 8 heteroatoms. The molecule has 0 aromatic rings. The molecule has 0 bridgehead atoms. The van der Waals surface area contributed by atoms with E-state index in [4.69, 9.17) is 19.9 Å². The van der Waals surface area contributed by atoms with Gasteiger partial charge in [0.2, 0.25) is 0 Å². The van der Waals surface area contributed by atoms with E-state index in [2.05, 4.69) is 5.32 Å². The van der Waals surface area contributed by atoms with Gasteiger partial charge in [-0.1, -0.05) is 6.08 Å². The molecule has 34 heavy (non-hydrogen) atoms. The van der Waals surface area contributed by atoms with Crippen molar-refractivity contribution in [3.8, 4) is 0 Å². The Balaban J connectivity index is 1.57. The summed E-state index contributed by atoms with van der Waals surface area (Å²) >= 11 is 0. The van der Waals surface area contributed by atoms with Gasteiger partial charge in [0.25, 0.3) is 0 Å². The number of carbonyl (C=O) groups excluding carboxylic acids is 2. The summed E-state index contributed by atoms with van der Waals surface area (Å²) in [5, 5.41) is 11.5. The maximum absolute atomic E-state index is 13.0. The minimum atomic E-state index is -0.863. The highest BCUT2D eigenvalue weighted by atomic mass is 16.6. The van der Waals surface area contributed by atoms with Crippen molar-refractivity contribution in [3.05, 3.63) is 11.6 Å². The van der Waals surface area contributed by atoms with Crippen molar-refractivity contribution < 1.29 is 34.2 Å². The standard InChI is InChI=1S/C26H42N2O6/c1-4-17(8-10-29)24(31)34-25(2,3)26(14-16-7-9-28-22(27)11-16)15-19-12-18-5-6-23(30)32-20(18)13-21(19)33-26/h4,16,18-22,28-29H,5-15,27H2,1-3H3/p+1. The van der Waals surface area contributed by atoms with Gasteiger partial charge in [-0.2, -0.15) is 0 Å². The van der Waals surface area contributed by atoms with Gasteiger partial charge in [0, 0.05) is 37.9 Å². The number of piperidine rings is 1. The number of aliphatic hydroxyl groups excluding tert-OH is 1. The van der Waals surface area contributed by atoms with Gasteiger partial charge >= 0.3 is 11.9 Å². The molecule has 4 rings (SSSR count). The van der Waals surface area contributed by atoms with E-state index in [9.17, 15) is 14.7 Å². The van der Waals surface area contributed by atoms with Crippen LogP contribution >= 0.6 is 0 Å². The van der Waals surface area contributed by atoms with Crippen LogP contribution < -0.4 is 11.1 Å². The largest absolute Gasteiger partial charge is 0.462 e. The molecule has 4 aliphatic rings. The number of carbonyl (C=O) groups is 2. The zero-order valence-electron chi connectivity index (χ0n) is 21.0. The van der Waals surface area contributed by atoms with E-state index in [1.807, 2.05) is 13.8 Å². The Kier molecular flexibility index (Phi) is 7.72. The number of ether oxygens (including phenoxy) is 3. The number of quaternary nitrogens is 1. The van der Waals surface area contributed by atoms with Crippen LogP contribution in [0.3, 0.4) is 0 Å². The second-order valence-electron chi connectivity index (χ2n) is 11.4. The Labute approximate surface area is 202 Å². The van der Waals surface area contributed by atoms with E-state index in [-0.39, 0.29) is 37.4 Å². The van der Waals surface area contributed by atoms with Crippen LogP contribution in [-0.4, -0.2) is 59.8 Å². The molecule has 0 radical (unpaired) electrons. The van der Waals surface area contributed by atoms with Crippen LogP contribution in [0.4, 0.5) is 0 Å². The smallest absolute Gasteiger partial charge is 0.334 e. The number of nitrogens with two attached hydrogens (primary N) is 2. The van der Waals surface area contributed by atoms with Crippen LogP contribution in [0.2, 0.25) is 0 Å². The van der Waals surface area contributed by atoms with Crippen molar-refractivity contribution >= 4 is 11.9 Å². The van der Waals surface area contributed by atoms with E-state index in [0.29, 0.717) is 29.7 Å². The van der Waals surface area contributed by atoms with E-state index >= 15 is 0 Å². The Morgan fingerprint density at radius 2 is 2.06 bits per heavy atom. The lowest BCUT2D eigenvalue weighted by atomic mass is 9.69. The van der Waals surface area contributed by atoms with Gasteiger partial charge in [-0.3, -0.25) is 10.5 Å². The van der Waals surface area contributed by atoms with Crippen LogP contribution in [0.15, 0.2) is 11.6 Å². The molecule has 7 unspecified atom stereocenters. The Bertz CT molecular complexity index is 798. The minimum absolute atomic E-state index is 0.00687. The molecule has 0 aromatic heterocycles. The lowest BCUT2D eigenvalue weighted by molar-refractivity contribution is -0.699. The minimum Gasteiger partial charge on any atom is -0.462 e. The highest BCUT2D eigenvalue weighted by molar-refractivity contribution is 5.88. The second-order valence-corrected chi connectivity index (χ2v) is 11.4. The Hall–Kier alpha value is -1.48. The average Bonchev–Trinajstić information content (AvgIpc) is 3.14. The van der Waals surface area contributed by atoms with Crippen LogP contribution in [0, 0.1) is 17.8 Å². The number of aliphatic hydroxyl groups is 1. The van der Waals surface area contributed by atoms with Gasteiger partial charge in [0.15, 0.2) is 0 Å². The maximum Gasteiger partial charge on any atom is 0.334 e. The van der Waals surface area contributed by atoms with Gasteiger partial charge in [-0.15, -0.1) is 0 Å². The first kappa shape index (κ1) is 25.6. The summed E-state index contributed by atoms with van der Waals surface area (Å²) in [4.78, 5) is 24.9. The molecule has 192 valence electrons. The summed E-state index contributed by atoms with van der Waals surface area (Å²) in [5.41, 5.74) is 5.26. The fraction of sp³-hybridized carbons (Fsp3) is 0.846. The van der Waals surface area contributed by atoms with Crippen molar-refractivity contribution in [1.82, 2.24) is 0 Å². The van der Waals surface area contributed by atoms with Crippen LogP contribution in [0.1, 0.15) is 78.6 Å². The summed E-state index contributed by atoms with van der Waals surface area (Å²) in [7, 11) is 0. The number of rotatable bonds is 7. The number of fused-ring (bicyclic) bond motifs is 2. The molecule has 5 N–H and O–H groups in total. The highest BCUT2D eigenvalue weighted by Crippen LogP contribution is 2.54. The molecule has 0 amide bonds. The predicted molar refractivity (Wildman–Crippen MR) is 125 cm³/mol. The molecule has 7 atom stereocenters. The summed E-state index contributed by atoms with van der Waals surface area (Å²) in [6, 6.07) is 0. The molecule has 1 saturated carbocycles. The average molecular weight is 480 g/mol. The van der Waals surface area contributed by atoms with E-state index < -0.39 is 17.2 Å². The van der Waals surface area contributed by atoms with E-state index in [1.165, 1.54) is 0 Å². The quantitative estimate of drug-likeness (QED) is 0.374. The SMILES string of the molecule is CC=C(CCO)C(=O)OC(C)(C)C1(CC2CC[NH2+]C(N)C2)CC2CC3CCC(=O)OC3CC2O1. The van der Waals surface area contributed by atoms with Gasteiger partial charge in [-0.25, -0.2) is 4.79 Å². The molecule has 8 nitrogen and oxygen atoms in total. The number of esters is 2. The van der Waals surface area contributed by atoms with Gasteiger partial charge in [0.05, 0.1) is 12.6 Å². The van der Waals surface area contributed by atoms with Gasteiger partial charge in [-0.05, 0) is 70.6 Å². The number of allylic oxidation sites excluding steroid dienone is 1. The molecule has 3 heterocycles. The van der Waals surface area contributed by atoms with Crippen molar-refractivity contribution in [2.45, 2.75) is 108 Å². The molecule has 1 aliphatic carbocycles. The molecular weight excluding hydrogens is 436 g/mol. The zero-order chi connectivity index (χ0) is 24.5. The Morgan fingerprint density at radius 1 is 1.26 bits per heavy atom. The third-order valence-corrected chi connectivity index (χ3v) is 8.80. The fourth-order valence-electron chi connectivity index (χ4n) is 6.84. The fourth-order valence-corrected chi connectivity index (χ4v) is 6.84. The van der Waals surface area contributed by atoms with E-state index in [1.54, 1.807) is 13.0 Å². The highest BCUT2D eigenvalue weighted by Gasteiger charge is 2.60. The van der Waals surface area contributed by atoms with Gasteiger partial charge in [0.1, 0.15) is 23.5 Å². The third kappa shape index (κ3) is 5.20. The summed E-state index contributed by atoms with van der Waals surface area (Å²) in [6.07, 6.45) is 8.68. The molecular formula is C26H43N2O6+. The first-order valence-electron chi connectivity index (χ1n) is 13.1. The van der Waals surface area contributed by atoms with Crippen molar-refractivity contribution in [1.29, 1.82) is 0 Å². The first-order valence-corrected chi connectivity index (χ1v) is 13.1. The number of hydrogen-bond acceptors (Lipinski definition) is 7. The summed E-state index contributed by atoms with van der Waals surface area (Å²) in [5.74, 6) is 0.653. The van der Waals surface area contributed by atoms with Crippen LogP contribution in [-0.2, 0) is 23.8 Å². The topological polar surface area (TPSA) is 125 Å². The van der Waals surface area contributed by atoms with Crippen molar-refractivity contribution in [3.63, 3.8) is 0 Å². The van der Waals surface area contributed by atoms with Crippen molar-refractivity contribution in [2.75, 3.05) is 13.2 Å². The van der Waals surface area contributed by atoms with Gasteiger partial charge < -0.3 is 24.6 Å². The molecule has 3 saturated heterocycles. The Morgan fingerprint density at radius 3 is 2.76 bits per heavy atom. The van der Waals surface area contributed by atoms with Crippen LogP contribution in [0.5, 0.6) is 0 Å². The molecule has 3 aliphatic heterocycles. The van der Waals surface area contributed by atoms with E-state index in [0.717, 1.165) is 51.5 Å². The van der Waals surface area contributed by atoms with Crippen LogP contribution in [0.25, 0.3) is 0 Å². The maximum atomic E-state index is 13.0. The summed E-state index contributed by atoms with van der Waals surface area (Å²) < 4.78 is 18.8. The third-order valence-electron chi connectivity index (χ3n) is 8.80. The lowest BCUT2D eigenvalue weighted by Crippen LogP contribution is -2.94. The second kappa shape index (κ2) is 10.2. The predicted octanol–water partition coefficient (Wildman–Crippen LogP) is 1.54. The zero-order valence-corrected chi connectivity index (χ0v) is 21.0. The lowest BCUT2D eigenvalue weighted by Gasteiger charge is -2.45. The molecule has 4 fully saturated rings. The molecule has 0 aromatic carbocycles. The molecule has 0 spiro atoms. The van der Waals surface area contributed by atoms with Crippen molar-refractivity contribution in [2.24, 2.45) is 23.5 Å². The first-order chi connectivity index (χ1) is 16.2. The normalized spacial score (nSPS) is 38.6. The number of hydrogen-bond donors (Lipinski definition) is 3. The monoisotopic (exact) mass is 479 g/mol.